The van der Waals surface area contributed by atoms with Crippen molar-refractivity contribution in [3.05, 3.63) is 0 Å². The summed E-state index contributed by atoms with van der Waals surface area (Å²) in [5, 5.41) is 8.77. The summed E-state index contributed by atoms with van der Waals surface area (Å²) in [6, 6.07) is 0. The van der Waals surface area contributed by atoms with Crippen LogP contribution in [0.1, 0.15) is 32.6 Å². The molecular weight excluding hydrogens is 430 g/mol. The molecule has 158 valence electrons. The van der Waals surface area contributed by atoms with Crippen LogP contribution >= 0.6 is 0 Å². The minimum atomic E-state index is -6.81. The molecule has 0 aromatic rings. The average molecular weight is 446 g/mol. The Morgan fingerprint density at radius 2 is 1.52 bits per heavy atom. The van der Waals surface area contributed by atoms with Gasteiger partial charge in [0.15, 0.2) is 4.58 Å². The van der Waals surface area contributed by atoms with Crippen molar-refractivity contribution in [3.63, 3.8) is 0 Å². The first-order chi connectivity index (χ1) is 11.9. The number of hydrogen-bond acceptors (Lipinski definition) is 6. The molecule has 2 unspecified atom stereocenters. The van der Waals surface area contributed by atoms with Crippen LogP contribution in [0.4, 0.5) is 26.3 Å². The van der Waals surface area contributed by atoms with E-state index in [1.54, 1.807) is 0 Å². The van der Waals surface area contributed by atoms with Crippen LogP contribution in [0.5, 0.6) is 0 Å². The van der Waals surface area contributed by atoms with Gasteiger partial charge in [-0.2, -0.15) is 26.3 Å². The molecule has 7 nitrogen and oxygen atoms in total. The van der Waals surface area contributed by atoms with Crippen LogP contribution in [-0.4, -0.2) is 50.1 Å². The lowest BCUT2D eigenvalue weighted by atomic mass is 9.74. The third-order valence-electron chi connectivity index (χ3n) is 4.40. The number of rotatable bonds is 5. The summed E-state index contributed by atoms with van der Waals surface area (Å²) in [5.41, 5.74) is -14.5. The van der Waals surface area contributed by atoms with Gasteiger partial charge < -0.3 is 10.7 Å². The van der Waals surface area contributed by atoms with Crippen molar-refractivity contribution < 1.29 is 48.0 Å². The second-order valence-electron chi connectivity index (χ2n) is 6.25. The maximum absolute atomic E-state index is 13.0. The quantitative estimate of drug-likeness (QED) is 0.494. The van der Waals surface area contributed by atoms with Crippen molar-refractivity contribution in [1.29, 1.82) is 5.41 Å². The zero-order valence-corrected chi connectivity index (χ0v) is 15.3. The minimum absolute atomic E-state index is 0.0437. The van der Waals surface area contributed by atoms with Gasteiger partial charge in [-0.25, -0.2) is 16.8 Å². The Morgan fingerprint density at radius 1 is 1.07 bits per heavy atom. The van der Waals surface area contributed by atoms with Crippen LogP contribution in [0.25, 0.3) is 0 Å². The van der Waals surface area contributed by atoms with Crippen LogP contribution in [0.15, 0.2) is 0 Å². The fourth-order valence-electron chi connectivity index (χ4n) is 3.13. The molecule has 1 saturated carbocycles. The Balaban J connectivity index is 3.73. The summed E-state index contributed by atoms with van der Waals surface area (Å²) < 4.78 is 121. The number of halogens is 6. The second kappa shape index (κ2) is 7.22. The summed E-state index contributed by atoms with van der Waals surface area (Å²) in [5.74, 6) is -3.44. The van der Waals surface area contributed by atoms with Crippen molar-refractivity contribution in [2.75, 3.05) is 0 Å². The van der Waals surface area contributed by atoms with Gasteiger partial charge in [-0.3, -0.25) is 4.79 Å². The van der Waals surface area contributed by atoms with Crippen LogP contribution in [0.3, 0.4) is 0 Å². The topological polar surface area (TPSA) is 121 Å². The van der Waals surface area contributed by atoms with E-state index >= 15 is 0 Å². The molecule has 1 fully saturated rings. The van der Waals surface area contributed by atoms with E-state index in [0.29, 0.717) is 0 Å². The minimum Gasteiger partial charge on any atom is -0.346 e. The lowest BCUT2D eigenvalue weighted by Crippen LogP contribution is -2.61. The molecule has 0 aliphatic heterocycles. The molecule has 0 aromatic carbocycles. The van der Waals surface area contributed by atoms with Gasteiger partial charge >= 0.3 is 11.0 Å². The van der Waals surface area contributed by atoms with Gasteiger partial charge in [0.05, 0.1) is 6.21 Å². The predicted octanol–water partition coefficient (Wildman–Crippen LogP) is 1.90. The van der Waals surface area contributed by atoms with Crippen molar-refractivity contribution in [2.24, 2.45) is 5.92 Å². The summed E-state index contributed by atoms with van der Waals surface area (Å²) in [7, 11) is -13.6. The van der Waals surface area contributed by atoms with E-state index in [4.69, 9.17) is 5.41 Å². The van der Waals surface area contributed by atoms with Gasteiger partial charge in [0.2, 0.25) is 0 Å². The lowest BCUT2D eigenvalue weighted by Gasteiger charge is -2.44. The fourth-order valence-corrected chi connectivity index (χ4v) is 7.39. The van der Waals surface area contributed by atoms with Gasteiger partial charge in [-0.1, -0.05) is 12.8 Å². The van der Waals surface area contributed by atoms with E-state index in [-0.39, 0.29) is 25.5 Å². The Bertz CT molecular complexity index is 761. The molecule has 0 bridgehead atoms. The molecule has 1 aliphatic carbocycles. The zero-order chi connectivity index (χ0) is 21.5. The maximum atomic E-state index is 13.0. The second-order valence-corrected chi connectivity index (χ2v) is 10.7. The molecule has 0 saturated heterocycles. The fraction of sp³-hybridized carbons (Fsp3) is 0.833. The lowest BCUT2D eigenvalue weighted by molar-refractivity contribution is -0.117. The van der Waals surface area contributed by atoms with Crippen LogP contribution in [-0.2, 0) is 24.5 Å². The molecule has 27 heavy (non-hydrogen) atoms. The van der Waals surface area contributed by atoms with Gasteiger partial charge in [0, 0.05) is 11.5 Å². The monoisotopic (exact) mass is 446 g/mol. The van der Waals surface area contributed by atoms with E-state index in [0.717, 1.165) is 6.92 Å². The molecule has 2 N–H and O–H groups in total. The van der Waals surface area contributed by atoms with Crippen molar-refractivity contribution in [1.82, 2.24) is 5.32 Å². The van der Waals surface area contributed by atoms with Gasteiger partial charge in [0.25, 0.3) is 25.6 Å². The van der Waals surface area contributed by atoms with E-state index in [9.17, 15) is 48.0 Å². The number of alkyl halides is 6. The highest BCUT2D eigenvalue weighted by molar-refractivity contribution is 8.09. The average Bonchev–Trinajstić information content (AvgIpc) is 2.46. The van der Waals surface area contributed by atoms with E-state index in [1.807, 2.05) is 5.32 Å². The van der Waals surface area contributed by atoms with E-state index < -0.39 is 59.1 Å². The Kier molecular flexibility index (Phi) is 6.33. The van der Waals surface area contributed by atoms with E-state index in [2.05, 4.69) is 0 Å². The first kappa shape index (κ1) is 23.7. The van der Waals surface area contributed by atoms with Crippen molar-refractivity contribution in [3.8, 4) is 0 Å². The SMILES string of the molecule is CC1(NC(=O)C=N)CCCCC1C(S(=O)(=O)C(F)(F)F)S(=O)(=O)C(F)(F)F. The molecule has 1 amide bonds. The molecular formula is C12H16F6N2O5S2. The number of hydrogen-bond donors (Lipinski definition) is 2. The highest BCUT2D eigenvalue weighted by Gasteiger charge is 2.67. The normalized spacial score (nSPS) is 25.3. The zero-order valence-electron chi connectivity index (χ0n) is 13.7. The first-order valence-electron chi connectivity index (χ1n) is 7.35. The summed E-state index contributed by atoms with van der Waals surface area (Å²) >= 11 is 0. The van der Waals surface area contributed by atoms with E-state index in [1.165, 1.54) is 0 Å². The Labute approximate surface area is 150 Å². The van der Waals surface area contributed by atoms with Crippen LogP contribution in [0.2, 0.25) is 0 Å². The predicted molar refractivity (Wildman–Crippen MR) is 81.0 cm³/mol. The summed E-state index contributed by atoms with van der Waals surface area (Å²) in [6.07, 6.45) is -0.560. The highest BCUT2D eigenvalue weighted by Crippen LogP contribution is 2.46. The number of nitrogens with one attached hydrogen (secondary N) is 2. The molecule has 2 atom stereocenters. The Morgan fingerprint density at radius 3 is 1.89 bits per heavy atom. The Hall–Kier alpha value is -1.38. The molecule has 0 radical (unpaired) electrons. The summed E-state index contributed by atoms with van der Waals surface area (Å²) in [6.45, 7) is 0.961. The first-order valence-corrected chi connectivity index (χ1v) is 10.4. The maximum Gasteiger partial charge on any atom is 0.498 e. The van der Waals surface area contributed by atoms with Crippen LogP contribution in [0, 0.1) is 11.3 Å². The molecule has 1 aliphatic rings. The van der Waals surface area contributed by atoms with Crippen molar-refractivity contribution >= 4 is 31.8 Å². The van der Waals surface area contributed by atoms with Crippen molar-refractivity contribution in [2.45, 2.75) is 53.7 Å². The number of carbonyl (C=O) groups excluding carboxylic acids is 1. The number of amides is 1. The van der Waals surface area contributed by atoms with Gasteiger partial charge in [-0.15, -0.1) is 0 Å². The third kappa shape index (κ3) is 4.38. The molecule has 0 spiro atoms. The standard InChI is InChI=1S/C12H16F6N2O5S2/c1-10(20-8(21)6-19)5-3-2-4-7(10)9(26(22,23)11(13,14)15)27(24,25)12(16,17)18/h6-7,9,19H,2-5H2,1H3,(H,20,21). The molecule has 15 heteroatoms. The number of carbonyl (C=O) groups is 1. The van der Waals surface area contributed by atoms with Gasteiger partial charge in [-0.05, 0) is 19.8 Å². The molecule has 0 aromatic heterocycles. The summed E-state index contributed by atoms with van der Waals surface area (Å²) in [4.78, 5) is 11.4. The van der Waals surface area contributed by atoms with Crippen LogP contribution < -0.4 is 5.32 Å². The smallest absolute Gasteiger partial charge is 0.346 e. The molecule has 1 rings (SSSR count). The highest BCUT2D eigenvalue weighted by atomic mass is 32.3. The van der Waals surface area contributed by atoms with Gasteiger partial charge in [0.1, 0.15) is 0 Å². The molecule has 0 heterocycles. The number of sulfone groups is 2. The largest absolute Gasteiger partial charge is 0.498 e. The third-order valence-corrected chi connectivity index (χ3v) is 9.10.